The van der Waals surface area contributed by atoms with E-state index >= 15 is 0 Å². The molecule has 4 rings (SSSR count). The van der Waals surface area contributed by atoms with Crippen molar-refractivity contribution in [2.75, 3.05) is 20.1 Å². The Morgan fingerprint density at radius 3 is 2.64 bits per heavy atom. The Labute approximate surface area is 167 Å². The van der Waals surface area contributed by atoms with Gasteiger partial charge in [-0.05, 0) is 18.1 Å². The third kappa shape index (κ3) is 3.55. The molecule has 7 nitrogen and oxygen atoms in total. The fourth-order valence-electron chi connectivity index (χ4n) is 3.69. The summed E-state index contributed by atoms with van der Waals surface area (Å²) < 4.78 is 0. The lowest BCUT2D eigenvalue weighted by atomic mass is 9.73. The second kappa shape index (κ2) is 7.55. The Bertz CT molecular complexity index is 934. The van der Waals surface area contributed by atoms with Crippen LogP contribution >= 0.6 is 11.3 Å². The Morgan fingerprint density at radius 1 is 1.21 bits per heavy atom. The van der Waals surface area contributed by atoms with E-state index in [0.29, 0.717) is 31.7 Å². The van der Waals surface area contributed by atoms with E-state index in [1.54, 1.807) is 35.3 Å². The van der Waals surface area contributed by atoms with Crippen molar-refractivity contribution in [1.82, 2.24) is 25.0 Å². The summed E-state index contributed by atoms with van der Waals surface area (Å²) in [6.45, 7) is 1.25. The van der Waals surface area contributed by atoms with Gasteiger partial charge in [0.2, 0.25) is 5.91 Å². The molecule has 1 aliphatic heterocycles. The minimum atomic E-state index is -0.622. The van der Waals surface area contributed by atoms with E-state index in [1.807, 2.05) is 35.7 Å². The quantitative estimate of drug-likeness (QED) is 0.694. The molecule has 1 N–H and O–H groups in total. The van der Waals surface area contributed by atoms with Gasteiger partial charge in [0, 0.05) is 37.9 Å². The maximum absolute atomic E-state index is 13.4. The van der Waals surface area contributed by atoms with Crippen LogP contribution in [0.2, 0.25) is 0 Å². The highest BCUT2D eigenvalue weighted by Crippen LogP contribution is 2.37. The van der Waals surface area contributed by atoms with Gasteiger partial charge in [0.05, 0.1) is 12.0 Å². The lowest BCUT2D eigenvalue weighted by Crippen LogP contribution is -2.65. The van der Waals surface area contributed by atoms with Crippen molar-refractivity contribution in [2.45, 2.75) is 13.0 Å². The standard InChI is InChI=1S/C20H21N5O2S/c1-24(12-17-21-9-10-28-17)19(27)20(11-15-5-3-2-4-6-15)13-25(14-20)18(26)16-7-8-22-23-16/h2-10H,11-14H2,1H3,(H,22,23). The average Bonchev–Trinajstić information content (AvgIpc) is 3.38. The molecule has 1 saturated heterocycles. The van der Waals surface area contributed by atoms with Crippen LogP contribution in [0, 0.1) is 5.41 Å². The summed E-state index contributed by atoms with van der Waals surface area (Å²) in [7, 11) is 1.80. The topological polar surface area (TPSA) is 82.2 Å². The molecule has 8 heteroatoms. The molecule has 0 bridgehead atoms. The second-order valence-electron chi connectivity index (χ2n) is 7.16. The van der Waals surface area contributed by atoms with Crippen molar-refractivity contribution in [3.8, 4) is 0 Å². The van der Waals surface area contributed by atoms with Gasteiger partial charge in [0.1, 0.15) is 10.7 Å². The number of benzene rings is 1. The Balaban J connectivity index is 1.53. The first-order valence-corrected chi connectivity index (χ1v) is 9.92. The van der Waals surface area contributed by atoms with Crippen molar-refractivity contribution in [3.05, 3.63) is 70.4 Å². The zero-order valence-electron chi connectivity index (χ0n) is 15.5. The molecule has 0 aliphatic carbocycles. The number of amides is 2. The van der Waals surface area contributed by atoms with Crippen molar-refractivity contribution in [1.29, 1.82) is 0 Å². The van der Waals surface area contributed by atoms with Gasteiger partial charge in [-0.25, -0.2) is 4.98 Å². The fraction of sp³-hybridized carbons (Fsp3) is 0.300. The number of nitrogens with one attached hydrogen (secondary N) is 1. The van der Waals surface area contributed by atoms with Gasteiger partial charge in [-0.3, -0.25) is 14.7 Å². The first-order valence-electron chi connectivity index (χ1n) is 9.04. The summed E-state index contributed by atoms with van der Waals surface area (Å²) in [5.74, 6) is -0.0863. The Hall–Kier alpha value is -3.00. The zero-order chi connectivity index (χ0) is 19.6. The molecule has 144 valence electrons. The number of hydrogen-bond acceptors (Lipinski definition) is 5. The maximum atomic E-state index is 13.4. The van der Waals surface area contributed by atoms with Crippen molar-refractivity contribution in [3.63, 3.8) is 0 Å². The number of rotatable bonds is 6. The van der Waals surface area contributed by atoms with Crippen LogP contribution in [0.4, 0.5) is 0 Å². The van der Waals surface area contributed by atoms with Gasteiger partial charge in [0.25, 0.3) is 5.91 Å². The summed E-state index contributed by atoms with van der Waals surface area (Å²) in [5.41, 5.74) is 0.910. The molecule has 2 aromatic heterocycles. The Kier molecular flexibility index (Phi) is 4.95. The lowest BCUT2D eigenvalue weighted by molar-refractivity contribution is -0.150. The van der Waals surface area contributed by atoms with Gasteiger partial charge in [-0.2, -0.15) is 5.10 Å². The van der Waals surface area contributed by atoms with Gasteiger partial charge < -0.3 is 9.80 Å². The van der Waals surface area contributed by atoms with Gasteiger partial charge in [0.15, 0.2) is 0 Å². The van der Waals surface area contributed by atoms with E-state index in [0.717, 1.165) is 10.6 Å². The number of likely N-dealkylation sites (tertiary alicyclic amines) is 1. The molecular formula is C20H21N5O2S. The number of hydrogen-bond donors (Lipinski definition) is 1. The van der Waals surface area contributed by atoms with Gasteiger partial charge in [-0.15, -0.1) is 11.3 Å². The van der Waals surface area contributed by atoms with Crippen molar-refractivity contribution >= 4 is 23.2 Å². The summed E-state index contributed by atoms with van der Waals surface area (Å²) in [6, 6.07) is 11.6. The van der Waals surface area contributed by atoms with Crippen LogP contribution < -0.4 is 0 Å². The molecule has 0 spiro atoms. The molecule has 1 aromatic carbocycles. The summed E-state index contributed by atoms with van der Waals surface area (Å²) in [6.07, 6.45) is 3.89. The zero-order valence-corrected chi connectivity index (χ0v) is 16.4. The van der Waals surface area contributed by atoms with Gasteiger partial charge in [-0.1, -0.05) is 30.3 Å². The third-order valence-electron chi connectivity index (χ3n) is 5.05. The minimum absolute atomic E-state index is 0.0419. The van der Waals surface area contributed by atoms with Crippen LogP contribution in [0.15, 0.2) is 54.2 Å². The SMILES string of the molecule is CN(Cc1nccs1)C(=O)C1(Cc2ccccc2)CN(C(=O)c2ccn[nH]2)C1. The number of H-pyrrole nitrogens is 1. The highest BCUT2D eigenvalue weighted by atomic mass is 32.1. The maximum Gasteiger partial charge on any atom is 0.271 e. The molecule has 0 unspecified atom stereocenters. The first-order chi connectivity index (χ1) is 13.6. The predicted molar refractivity (Wildman–Crippen MR) is 106 cm³/mol. The van der Waals surface area contributed by atoms with E-state index in [-0.39, 0.29) is 11.8 Å². The molecule has 1 aliphatic rings. The first kappa shape index (κ1) is 18.4. The summed E-state index contributed by atoms with van der Waals surface area (Å²) in [4.78, 5) is 33.7. The molecule has 0 atom stereocenters. The molecule has 0 radical (unpaired) electrons. The van der Waals surface area contributed by atoms with Crippen LogP contribution in [-0.2, 0) is 17.8 Å². The number of aromatic nitrogens is 3. The summed E-state index contributed by atoms with van der Waals surface area (Å²) >= 11 is 1.53. The largest absolute Gasteiger partial charge is 0.338 e. The number of thiazole rings is 1. The minimum Gasteiger partial charge on any atom is -0.338 e. The van der Waals surface area contributed by atoms with Crippen molar-refractivity contribution < 1.29 is 9.59 Å². The number of aromatic amines is 1. The molecule has 28 heavy (non-hydrogen) atoms. The third-order valence-corrected chi connectivity index (χ3v) is 5.81. The molecule has 1 fully saturated rings. The molecule has 2 amide bonds. The van der Waals surface area contributed by atoms with Crippen LogP contribution in [0.1, 0.15) is 21.1 Å². The number of carbonyl (C=O) groups excluding carboxylic acids is 2. The molecule has 0 saturated carbocycles. The van der Waals surface area contributed by atoms with E-state index in [2.05, 4.69) is 15.2 Å². The summed E-state index contributed by atoms with van der Waals surface area (Å²) in [5, 5.41) is 9.34. The highest BCUT2D eigenvalue weighted by molar-refractivity contribution is 7.09. The van der Waals surface area contributed by atoms with Crippen LogP contribution in [0.3, 0.4) is 0 Å². The second-order valence-corrected chi connectivity index (χ2v) is 8.14. The molecule has 3 heterocycles. The fourth-order valence-corrected chi connectivity index (χ4v) is 4.36. The van der Waals surface area contributed by atoms with E-state index in [4.69, 9.17) is 0 Å². The van der Waals surface area contributed by atoms with E-state index in [1.165, 1.54) is 11.3 Å². The van der Waals surface area contributed by atoms with Crippen LogP contribution in [0.25, 0.3) is 0 Å². The highest BCUT2D eigenvalue weighted by Gasteiger charge is 2.52. The Morgan fingerprint density at radius 2 is 2.00 bits per heavy atom. The van der Waals surface area contributed by atoms with E-state index in [9.17, 15) is 9.59 Å². The predicted octanol–water partition coefficient (Wildman–Crippen LogP) is 2.21. The number of nitrogens with zero attached hydrogens (tertiary/aromatic N) is 4. The normalized spacial score (nSPS) is 15.1. The number of carbonyl (C=O) groups is 2. The average molecular weight is 395 g/mol. The molecular weight excluding hydrogens is 374 g/mol. The molecule has 3 aromatic rings. The van der Waals surface area contributed by atoms with Crippen molar-refractivity contribution in [2.24, 2.45) is 5.41 Å². The van der Waals surface area contributed by atoms with Crippen LogP contribution in [-0.4, -0.2) is 56.9 Å². The smallest absolute Gasteiger partial charge is 0.271 e. The monoisotopic (exact) mass is 395 g/mol. The van der Waals surface area contributed by atoms with E-state index < -0.39 is 5.41 Å². The van der Waals surface area contributed by atoms with Crippen LogP contribution in [0.5, 0.6) is 0 Å². The van der Waals surface area contributed by atoms with Gasteiger partial charge >= 0.3 is 0 Å². The lowest BCUT2D eigenvalue weighted by Gasteiger charge is -2.50.